The molecule has 0 fully saturated rings. The monoisotopic (exact) mass is 384 g/mol. The van der Waals surface area contributed by atoms with Crippen molar-refractivity contribution >= 4 is 17.8 Å². The Hall–Kier alpha value is -3.04. The predicted molar refractivity (Wildman–Crippen MR) is 90.8 cm³/mol. The van der Waals surface area contributed by atoms with Crippen LogP contribution in [0.1, 0.15) is 32.3 Å². The van der Waals surface area contributed by atoms with Crippen LogP contribution in [-0.2, 0) is 23.9 Å². The molecule has 9 nitrogen and oxygen atoms in total. The van der Waals surface area contributed by atoms with Crippen molar-refractivity contribution in [3.05, 3.63) is 45.8 Å². The van der Waals surface area contributed by atoms with Crippen LogP contribution in [0.25, 0.3) is 0 Å². The van der Waals surface area contributed by atoms with Crippen molar-refractivity contribution in [2.24, 2.45) is 0 Å². The van der Waals surface area contributed by atoms with Gasteiger partial charge in [0.1, 0.15) is 5.82 Å². The summed E-state index contributed by atoms with van der Waals surface area (Å²) in [6.07, 6.45) is 0. The van der Waals surface area contributed by atoms with Crippen LogP contribution < -0.4 is 5.32 Å². The average molecular weight is 384 g/mol. The molecule has 0 heterocycles. The second kappa shape index (κ2) is 9.60. The van der Waals surface area contributed by atoms with Gasteiger partial charge in [0.25, 0.3) is 0 Å². The first-order chi connectivity index (χ1) is 12.7. The molecular weight excluding hydrogens is 363 g/mol. The first kappa shape index (κ1) is 22.0. The van der Waals surface area contributed by atoms with Gasteiger partial charge in [-0.25, -0.2) is 14.0 Å². The number of halogens is 1. The van der Waals surface area contributed by atoms with Crippen molar-refractivity contribution in [3.63, 3.8) is 0 Å². The Balaban J connectivity index is 3.70. The summed E-state index contributed by atoms with van der Waals surface area (Å²) in [6.45, 7) is 2.79. The third-order valence-electron chi connectivity index (χ3n) is 3.69. The molecule has 0 saturated heterocycles. The number of ether oxygens (including phenoxy) is 2. The van der Waals surface area contributed by atoms with Crippen LogP contribution in [0.2, 0.25) is 0 Å². The summed E-state index contributed by atoms with van der Waals surface area (Å²) in [5.74, 6) is -5.30. The van der Waals surface area contributed by atoms with Crippen LogP contribution in [0.3, 0.4) is 0 Å². The van der Waals surface area contributed by atoms with Gasteiger partial charge in [-0.1, -0.05) is 12.1 Å². The summed E-state index contributed by atoms with van der Waals surface area (Å²) in [7, 11) is 0. The molecule has 0 bridgehead atoms. The molecule has 1 amide bonds. The molecule has 0 spiro atoms. The maximum Gasteiger partial charge on any atom is 0.344 e. The van der Waals surface area contributed by atoms with E-state index in [4.69, 9.17) is 9.47 Å². The largest absolute Gasteiger partial charge is 0.464 e. The van der Waals surface area contributed by atoms with Crippen molar-refractivity contribution in [1.82, 2.24) is 5.32 Å². The number of carbonyl (C=O) groups is 3. The number of hydrogen-bond donors (Lipinski definition) is 1. The first-order valence-electron chi connectivity index (χ1n) is 8.19. The molecule has 27 heavy (non-hydrogen) atoms. The fourth-order valence-corrected chi connectivity index (χ4v) is 2.66. The molecule has 0 aromatic heterocycles. The summed E-state index contributed by atoms with van der Waals surface area (Å²) in [5.41, 5.74) is -2.41. The van der Waals surface area contributed by atoms with E-state index in [9.17, 15) is 28.9 Å². The Morgan fingerprint density at radius 2 is 1.63 bits per heavy atom. The smallest absolute Gasteiger partial charge is 0.344 e. The molecule has 0 saturated carbocycles. The van der Waals surface area contributed by atoms with Crippen molar-refractivity contribution in [2.75, 3.05) is 19.8 Å². The third kappa shape index (κ3) is 5.22. The second-order valence-electron chi connectivity index (χ2n) is 5.55. The van der Waals surface area contributed by atoms with E-state index >= 15 is 0 Å². The lowest BCUT2D eigenvalue weighted by molar-refractivity contribution is -0.484. The van der Waals surface area contributed by atoms with Gasteiger partial charge >= 0.3 is 11.9 Å². The molecule has 148 valence electrons. The number of rotatable bonds is 9. The van der Waals surface area contributed by atoms with E-state index in [1.54, 1.807) is 0 Å². The predicted octanol–water partition coefficient (Wildman–Crippen LogP) is 1.19. The summed E-state index contributed by atoms with van der Waals surface area (Å²) in [5, 5.41) is 13.5. The zero-order chi connectivity index (χ0) is 20.6. The molecule has 0 aliphatic heterocycles. The quantitative estimate of drug-likeness (QED) is 0.293. The Kier molecular flexibility index (Phi) is 7.82. The minimum atomic E-state index is -2.50. The van der Waals surface area contributed by atoms with Gasteiger partial charge in [0, 0.05) is 11.8 Å². The highest BCUT2D eigenvalue weighted by molar-refractivity contribution is 6.09. The maximum absolute atomic E-state index is 13.3. The van der Waals surface area contributed by atoms with Crippen molar-refractivity contribution in [1.29, 1.82) is 0 Å². The van der Waals surface area contributed by atoms with Crippen molar-refractivity contribution < 1.29 is 33.2 Å². The highest BCUT2D eigenvalue weighted by atomic mass is 19.1. The lowest BCUT2D eigenvalue weighted by atomic mass is 9.78. The molecule has 0 aliphatic carbocycles. The van der Waals surface area contributed by atoms with E-state index in [1.165, 1.54) is 26.0 Å². The average Bonchev–Trinajstić information content (AvgIpc) is 2.58. The number of nitrogens with one attached hydrogen (secondary N) is 1. The summed E-state index contributed by atoms with van der Waals surface area (Å²) < 4.78 is 23.2. The molecule has 0 radical (unpaired) electrons. The van der Waals surface area contributed by atoms with Crippen molar-refractivity contribution in [2.45, 2.75) is 32.2 Å². The summed E-state index contributed by atoms with van der Waals surface area (Å²) >= 11 is 0. The molecule has 1 N–H and O–H groups in total. The van der Waals surface area contributed by atoms with Gasteiger partial charge in [-0.2, -0.15) is 0 Å². The van der Waals surface area contributed by atoms with Gasteiger partial charge in [0.2, 0.25) is 18.0 Å². The number of carbonyl (C=O) groups excluding carboxylic acids is 3. The zero-order valence-corrected chi connectivity index (χ0v) is 15.2. The van der Waals surface area contributed by atoms with Gasteiger partial charge in [-0.3, -0.25) is 14.9 Å². The Bertz CT molecular complexity index is 688. The van der Waals surface area contributed by atoms with E-state index < -0.39 is 46.6 Å². The van der Waals surface area contributed by atoms with E-state index in [-0.39, 0.29) is 18.8 Å². The third-order valence-corrected chi connectivity index (χ3v) is 3.69. The molecule has 10 heteroatoms. The number of benzene rings is 1. The molecule has 1 aromatic rings. The summed E-state index contributed by atoms with van der Waals surface area (Å²) in [6, 6.07) is 4.44. The molecule has 1 atom stereocenters. The Morgan fingerprint density at radius 3 is 2.00 bits per heavy atom. The maximum atomic E-state index is 13.3. The number of esters is 2. The Morgan fingerprint density at radius 1 is 1.15 bits per heavy atom. The van der Waals surface area contributed by atoms with Crippen LogP contribution in [0.15, 0.2) is 24.3 Å². The SMILES string of the molecule is CCOC(=O)C(NC(C)=O)(C(=O)OCC)C(C[N+](=O)[O-])c1ccc(F)cc1. The second-order valence-corrected chi connectivity index (χ2v) is 5.55. The van der Waals surface area contributed by atoms with Gasteiger partial charge < -0.3 is 14.8 Å². The lowest BCUT2D eigenvalue weighted by Gasteiger charge is -2.34. The molecule has 1 unspecified atom stereocenters. The van der Waals surface area contributed by atoms with Crippen molar-refractivity contribution in [3.8, 4) is 0 Å². The summed E-state index contributed by atoms with van der Waals surface area (Å²) in [4.78, 5) is 47.8. The van der Waals surface area contributed by atoms with Gasteiger partial charge in [0.15, 0.2) is 0 Å². The number of hydrogen-bond acceptors (Lipinski definition) is 7. The van der Waals surface area contributed by atoms with Crippen LogP contribution in [0.4, 0.5) is 4.39 Å². The van der Waals surface area contributed by atoms with Crippen LogP contribution in [0, 0.1) is 15.9 Å². The molecule has 0 aliphatic rings. The zero-order valence-electron chi connectivity index (χ0n) is 15.2. The topological polar surface area (TPSA) is 125 Å². The molecule has 1 rings (SSSR count). The van der Waals surface area contributed by atoms with Gasteiger partial charge in [0.05, 0.1) is 19.1 Å². The van der Waals surface area contributed by atoms with Gasteiger partial charge in [-0.15, -0.1) is 0 Å². The number of amides is 1. The lowest BCUT2D eigenvalue weighted by Crippen LogP contribution is -2.65. The fourth-order valence-electron chi connectivity index (χ4n) is 2.66. The first-order valence-corrected chi connectivity index (χ1v) is 8.19. The normalized spacial score (nSPS) is 12.0. The van der Waals surface area contributed by atoms with Crippen LogP contribution in [0.5, 0.6) is 0 Å². The van der Waals surface area contributed by atoms with Gasteiger partial charge in [-0.05, 0) is 31.5 Å². The standard InChI is InChI=1S/C17H21FN2O7/c1-4-26-15(22)17(19-11(3)21,16(23)27-5-2)14(10-20(24)25)12-6-8-13(18)9-7-12/h6-9,14H,4-5,10H2,1-3H3,(H,19,21). The number of nitrogens with zero attached hydrogens (tertiary/aromatic N) is 1. The Labute approximate surface area is 155 Å². The molecular formula is C17H21FN2O7. The fraction of sp³-hybridized carbons (Fsp3) is 0.471. The minimum absolute atomic E-state index is 0.0861. The number of nitro groups is 1. The van der Waals surface area contributed by atoms with E-state index in [2.05, 4.69) is 5.32 Å². The van der Waals surface area contributed by atoms with Crippen LogP contribution >= 0.6 is 0 Å². The van der Waals surface area contributed by atoms with Crippen LogP contribution in [-0.4, -0.2) is 48.1 Å². The highest BCUT2D eigenvalue weighted by Crippen LogP contribution is 2.32. The van der Waals surface area contributed by atoms with E-state index in [0.717, 1.165) is 19.1 Å². The van der Waals surface area contributed by atoms with E-state index in [1.807, 2.05) is 0 Å². The molecule has 1 aromatic carbocycles. The minimum Gasteiger partial charge on any atom is -0.464 e. The highest BCUT2D eigenvalue weighted by Gasteiger charge is 2.58. The van der Waals surface area contributed by atoms with E-state index in [0.29, 0.717) is 0 Å².